The number of benzene rings is 2. The van der Waals surface area contributed by atoms with Crippen molar-refractivity contribution in [2.75, 3.05) is 0 Å². The monoisotopic (exact) mass is 260 g/mol. The highest BCUT2D eigenvalue weighted by Gasteiger charge is 2.11. The molecule has 0 saturated carbocycles. The molecule has 0 fully saturated rings. The molecule has 0 spiro atoms. The average molecular weight is 260 g/mol. The number of hydrogen-bond donors (Lipinski definition) is 2. The van der Waals surface area contributed by atoms with Gasteiger partial charge in [-0.2, -0.15) is 0 Å². The molecular formula is C14H14BFO3. The fourth-order valence-corrected chi connectivity index (χ4v) is 1.74. The third kappa shape index (κ3) is 3.33. The van der Waals surface area contributed by atoms with Gasteiger partial charge < -0.3 is 14.8 Å². The van der Waals surface area contributed by atoms with Gasteiger partial charge in [0.15, 0.2) is 11.6 Å². The Morgan fingerprint density at radius 3 is 2.63 bits per heavy atom. The average Bonchev–Trinajstić information content (AvgIpc) is 2.41. The fourth-order valence-electron chi connectivity index (χ4n) is 1.74. The molecule has 2 N–H and O–H groups in total. The van der Waals surface area contributed by atoms with Crippen molar-refractivity contribution in [2.24, 2.45) is 0 Å². The first kappa shape index (κ1) is 13.6. The topological polar surface area (TPSA) is 49.7 Å². The summed E-state index contributed by atoms with van der Waals surface area (Å²) in [7, 11) is -1.52. The molecule has 0 saturated heterocycles. The van der Waals surface area contributed by atoms with E-state index in [1.165, 1.54) is 0 Å². The maximum Gasteiger partial charge on any atom is 0.488 e. The maximum absolute atomic E-state index is 13.7. The third-order valence-electron chi connectivity index (χ3n) is 2.80. The molecule has 2 rings (SSSR count). The Kier molecular flexibility index (Phi) is 4.19. The van der Waals surface area contributed by atoms with Crippen molar-refractivity contribution in [2.45, 2.75) is 13.5 Å². The summed E-state index contributed by atoms with van der Waals surface area (Å²) < 4.78 is 19.1. The van der Waals surface area contributed by atoms with Crippen LogP contribution in [0.25, 0.3) is 0 Å². The summed E-state index contributed by atoms with van der Waals surface area (Å²) in [6.45, 7) is 1.84. The fraction of sp³-hybridized carbons (Fsp3) is 0.143. The van der Waals surface area contributed by atoms with Crippen molar-refractivity contribution < 1.29 is 19.2 Å². The van der Waals surface area contributed by atoms with E-state index in [4.69, 9.17) is 14.8 Å². The second kappa shape index (κ2) is 5.86. The lowest BCUT2D eigenvalue weighted by molar-refractivity contribution is 0.289. The number of ether oxygens (including phenoxy) is 1. The first-order chi connectivity index (χ1) is 9.08. The molecule has 0 radical (unpaired) electrons. The molecule has 2 aromatic carbocycles. The van der Waals surface area contributed by atoms with Crippen molar-refractivity contribution in [1.29, 1.82) is 0 Å². The SMILES string of the molecule is Cc1cccc(OCc2cccc(B(O)O)c2)c1F. The van der Waals surface area contributed by atoms with Crippen LogP contribution in [0.4, 0.5) is 4.39 Å². The van der Waals surface area contributed by atoms with E-state index in [1.54, 1.807) is 49.4 Å². The van der Waals surface area contributed by atoms with Crippen LogP contribution >= 0.6 is 0 Å². The lowest BCUT2D eigenvalue weighted by atomic mass is 9.80. The van der Waals surface area contributed by atoms with E-state index in [0.29, 0.717) is 11.0 Å². The summed E-state index contributed by atoms with van der Waals surface area (Å²) in [5, 5.41) is 18.1. The van der Waals surface area contributed by atoms with Gasteiger partial charge in [0, 0.05) is 0 Å². The Morgan fingerprint density at radius 2 is 1.89 bits per heavy atom. The molecule has 0 amide bonds. The highest BCUT2D eigenvalue weighted by molar-refractivity contribution is 6.58. The van der Waals surface area contributed by atoms with Crippen molar-refractivity contribution in [1.82, 2.24) is 0 Å². The number of halogens is 1. The van der Waals surface area contributed by atoms with Gasteiger partial charge in [0.2, 0.25) is 0 Å². The van der Waals surface area contributed by atoms with Crippen LogP contribution in [0.3, 0.4) is 0 Å². The quantitative estimate of drug-likeness (QED) is 0.817. The normalized spacial score (nSPS) is 10.3. The zero-order chi connectivity index (χ0) is 13.8. The zero-order valence-corrected chi connectivity index (χ0v) is 10.5. The molecule has 5 heteroatoms. The minimum absolute atomic E-state index is 0.168. The summed E-state index contributed by atoms with van der Waals surface area (Å²) in [5.74, 6) is -0.184. The molecule has 0 aliphatic carbocycles. The van der Waals surface area contributed by atoms with Gasteiger partial charge >= 0.3 is 7.12 Å². The van der Waals surface area contributed by atoms with Crippen LogP contribution in [0.2, 0.25) is 0 Å². The van der Waals surface area contributed by atoms with Crippen LogP contribution in [0.15, 0.2) is 42.5 Å². The Hall–Kier alpha value is -1.85. The van der Waals surface area contributed by atoms with E-state index in [-0.39, 0.29) is 18.2 Å². The van der Waals surface area contributed by atoms with E-state index in [2.05, 4.69) is 0 Å². The van der Waals surface area contributed by atoms with Crippen molar-refractivity contribution >= 4 is 12.6 Å². The molecule has 0 aromatic heterocycles. The largest absolute Gasteiger partial charge is 0.488 e. The molecule has 0 unspecified atom stereocenters. The van der Waals surface area contributed by atoms with Crippen LogP contribution in [-0.2, 0) is 6.61 Å². The van der Waals surface area contributed by atoms with E-state index < -0.39 is 7.12 Å². The summed E-state index contributed by atoms with van der Waals surface area (Å²) in [6.07, 6.45) is 0. The van der Waals surface area contributed by atoms with Crippen LogP contribution in [0.5, 0.6) is 5.75 Å². The molecule has 98 valence electrons. The summed E-state index contributed by atoms with van der Waals surface area (Å²) in [5.41, 5.74) is 1.65. The van der Waals surface area contributed by atoms with Gasteiger partial charge in [-0.05, 0) is 29.6 Å². The standard InChI is InChI=1S/C14H14BFO3/c1-10-4-2-7-13(14(10)16)19-9-11-5-3-6-12(8-11)15(17)18/h2-8,17-18H,9H2,1H3. The Balaban J connectivity index is 2.10. The van der Waals surface area contributed by atoms with E-state index in [9.17, 15) is 4.39 Å². The van der Waals surface area contributed by atoms with Crippen molar-refractivity contribution in [3.05, 3.63) is 59.4 Å². The molecule has 0 aliphatic heterocycles. The molecular weight excluding hydrogens is 246 g/mol. The summed E-state index contributed by atoms with van der Waals surface area (Å²) >= 11 is 0. The van der Waals surface area contributed by atoms with Crippen LogP contribution in [0, 0.1) is 12.7 Å². The van der Waals surface area contributed by atoms with Crippen LogP contribution in [-0.4, -0.2) is 17.2 Å². The minimum Gasteiger partial charge on any atom is -0.486 e. The zero-order valence-electron chi connectivity index (χ0n) is 10.5. The van der Waals surface area contributed by atoms with Gasteiger partial charge in [0.05, 0.1) is 0 Å². The van der Waals surface area contributed by atoms with E-state index in [1.807, 2.05) is 0 Å². The van der Waals surface area contributed by atoms with Gasteiger partial charge in [0.1, 0.15) is 6.61 Å². The highest BCUT2D eigenvalue weighted by atomic mass is 19.1. The summed E-state index contributed by atoms with van der Waals surface area (Å²) in [4.78, 5) is 0. The lowest BCUT2D eigenvalue weighted by Gasteiger charge is -2.09. The van der Waals surface area contributed by atoms with E-state index in [0.717, 1.165) is 5.56 Å². The highest BCUT2D eigenvalue weighted by Crippen LogP contribution is 2.20. The molecule has 3 nitrogen and oxygen atoms in total. The molecule has 0 bridgehead atoms. The minimum atomic E-state index is -1.52. The molecule has 0 heterocycles. The molecule has 0 atom stereocenters. The number of rotatable bonds is 4. The first-order valence-electron chi connectivity index (χ1n) is 5.91. The third-order valence-corrected chi connectivity index (χ3v) is 2.80. The van der Waals surface area contributed by atoms with Crippen molar-refractivity contribution in [3.8, 4) is 5.75 Å². The predicted molar refractivity (Wildman–Crippen MR) is 71.7 cm³/mol. The first-order valence-corrected chi connectivity index (χ1v) is 5.91. The summed E-state index contributed by atoms with van der Waals surface area (Å²) in [6, 6.07) is 11.6. The number of hydrogen-bond acceptors (Lipinski definition) is 3. The van der Waals surface area contributed by atoms with Crippen LogP contribution in [0.1, 0.15) is 11.1 Å². The predicted octanol–water partition coefficient (Wildman–Crippen LogP) is 1.39. The Labute approximate surface area is 111 Å². The van der Waals surface area contributed by atoms with Crippen LogP contribution < -0.4 is 10.2 Å². The number of aryl methyl sites for hydroxylation is 1. The second-order valence-electron chi connectivity index (χ2n) is 4.29. The van der Waals surface area contributed by atoms with Crippen molar-refractivity contribution in [3.63, 3.8) is 0 Å². The molecule has 2 aromatic rings. The van der Waals surface area contributed by atoms with Gasteiger partial charge in [-0.15, -0.1) is 0 Å². The Morgan fingerprint density at radius 1 is 1.16 bits per heavy atom. The molecule has 19 heavy (non-hydrogen) atoms. The smallest absolute Gasteiger partial charge is 0.486 e. The molecule has 0 aliphatic rings. The van der Waals surface area contributed by atoms with Gasteiger partial charge in [-0.1, -0.05) is 36.4 Å². The van der Waals surface area contributed by atoms with Gasteiger partial charge in [-0.25, -0.2) is 4.39 Å². The second-order valence-corrected chi connectivity index (χ2v) is 4.29. The maximum atomic E-state index is 13.7. The van der Waals surface area contributed by atoms with E-state index >= 15 is 0 Å². The van der Waals surface area contributed by atoms with Gasteiger partial charge in [-0.3, -0.25) is 0 Å². The van der Waals surface area contributed by atoms with Gasteiger partial charge in [0.25, 0.3) is 0 Å². The Bertz CT molecular complexity index is 572. The lowest BCUT2D eigenvalue weighted by Crippen LogP contribution is -2.29.